The summed E-state index contributed by atoms with van der Waals surface area (Å²) in [5.74, 6) is 0.441. The smallest absolute Gasteiger partial charge is 0.244 e. The molecule has 1 heterocycles. The number of nitrogens with zero attached hydrogens (tertiary/aromatic N) is 2. The normalized spacial score (nSPS) is 12.2. The third-order valence-corrected chi connectivity index (χ3v) is 4.73. The summed E-state index contributed by atoms with van der Waals surface area (Å²) < 4.78 is 31.2. The maximum absolute atomic E-state index is 12.3. The van der Waals surface area contributed by atoms with E-state index in [1.807, 2.05) is 13.8 Å². The lowest BCUT2D eigenvalue weighted by Crippen LogP contribution is -2.31. The Kier molecular flexibility index (Phi) is 6.19. The van der Waals surface area contributed by atoms with Crippen LogP contribution in [0, 0.1) is 0 Å². The lowest BCUT2D eigenvalue weighted by Gasteiger charge is -2.18. The molecule has 0 radical (unpaired) electrons. The van der Waals surface area contributed by atoms with Crippen molar-refractivity contribution in [2.24, 2.45) is 0 Å². The molecular weight excluding hydrogens is 302 g/mol. The first-order valence-electron chi connectivity index (χ1n) is 6.20. The van der Waals surface area contributed by atoms with Crippen LogP contribution in [0.25, 0.3) is 0 Å². The second-order valence-corrected chi connectivity index (χ2v) is 6.95. The molecule has 0 amide bonds. The van der Waals surface area contributed by atoms with E-state index in [1.165, 1.54) is 23.6 Å². The van der Waals surface area contributed by atoms with Crippen molar-refractivity contribution in [1.29, 1.82) is 0 Å². The fourth-order valence-electron chi connectivity index (χ4n) is 1.46. The largest absolute Gasteiger partial charge is 0.377 e. The Morgan fingerprint density at radius 2 is 2.15 bits per heavy atom. The molecule has 1 N–H and O–H groups in total. The van der Waals surface area contributed by atoms with Gasteiger partial charge in [-0.3, -0.25) is 0 Å². The Morgan fingerprint density at radius 3 is 2.65 bits per heavy atom. The van der Waals surface area contributed by atoms with Gasteiger partial charge >= 0.3 is 0 Å². The van der Waals surface area contributed by atoms with Gasteiger partial charge in [0, 0.05) is 26.8 Å². The molecule has 8 heteroatoms. The minimum atomic E-state index is -3.61. The Balaban J connectivity index is 2.84. The van der Waals surface area contributed by atoms with E-state index in [2.05, 4.69) is 10.3 Å². The summed E-state index contributed by atoms with van der Waals surface area (Å²) in [4.78, 5) is 4.04. The van der Waals surface area contributed by atoms with Crippen LogP contribution >= 0.6 is 11.6 Å². The van der Waals surface area contributed by atoms with Gasteiger partial charge in [0.1, 0.15) is 10.7 Å². The van der Waals surface area contributed by atoms with Crippen LogP contribution in [-0.4, -0.2) is 51.1 Å². The van der Waals surface area contributed by atoms with Crippen molar-refractivity contribution in [3.63, 3.8) is 0 Å². The van der Waals surface area contributed by atoms with Gasteiger partial charge < -0.3 is 10.1 Å². The first-order valence-corrected chi connectivity index (χ1v) is 8.02. The molecule has 0 aliphatic carbocycles. The molecule has 0 saturated carbocycles. The molecule has 1 aromatic rings. The summed E-state index contributed by atoms with van der Waals surface area (Å²) in [5, 5.41) is 3.04. The molecule has 1 aromatic heterocycles. The monoisotopic (exact) mass is 321 g/mol. The first kappa shape index (κ1) is 17.2. The van der Waals surface area contributed by atoms with Gasteiger partial charge in [0.15, 0.2) is 0 Å². The van der Waals surface area contributed by atoms with Gasteiger partial charge in [-0.25, -0.2) is 13.4 Å². The Labute approximate surface area is 125 Å². The molecule has 20 heavy (non-hydrogen) atoms. The summed E-state index contributed by atoms with van der Waals surface area (Å²) in [5.41, 5.74) is 0. The molecule has 0 aromatic carbocycles. The summed E-state index contributed by atoms with van der Waals surface area (Å²) in [6.45, 7) is 4.40. The number of likely N-dealkylation sites (N-methyl/N-ethyl adjacent to an activating group) is 1. The molecule has 6 nitrogen and oxygen atoms in total. The van der Waals surface area contributed by atoms with Crippen LogP contribution < -0.4 is 5.32 Å². The SMILES string of the molecule is CNc1ncc(S(=O)(=O)N(C)CCOC(C)C)cc1Cl. The molecule has 0 saturated heterocycles. The van der Waals surface area contributed by atoms with Crippen molar-refractivity contribution < 1.29 is 13.2 Å². The molecule has 1 rings (SSSR count). The predicted molar refractivity (Wildman–Crippen MR) is 79.7 cm³/mol. The number of ether oxygens (including phenoxy) is 1. The van der Waals surface area contributed by atoms with E-state index < -0.39 is 10.0 Å². The number of sulfonamides is 1. The number of anilines is 1. The van der Waals surface area contributed by atoms with E-state index >= 15 is 0 Å². The molecule has 0 bridgehead atoms. The Hall–Kier alpha value is -0.890. The highest BCUT2D eigenvalue weighted by atomic mass is 35.5. The second-order valence-electron chi connectivity index (χ2n) is 4.50. The predicted octanol–water partition coefficient (Wildman–Crippen LogP) is 1.82. The van der Waals surface area contributed by atoms with Crippen LogP contribution in [0.15, 0.2) is 17.2 Å². The van der Waals surface area contributed by atoms with Crippen molar-refractivity contribution in [1.82, 2.24) is 9.29 Å². The van der Waals surface area contributed by atoms with Crippen molar-refractivity contribution in [3.05, 3.63) is 17.3 Å². The Bertz CT molecular complexity index is 549. The van der Waals surface area contributed by atoms with Crippen molar-refractivity contribution in [3.8, 4) is 0 Å². The average molecular weight is 322 g/mol. The lowest BCUT2D eigenvalue weighted by atomic mass is 10.4. The molecule has 0 fully saturated rings. The summed E-state index contributed by atoms with van der Waals surface area (Å²) >= 11 is 5.95. The van der Waals surface area contributed by atoms with Crippen molar-refractivity contribution in [2.75, 3.05) is 32.6 Å². The molecule has 0 atom stereocenters. The quantitative estimate of drug-likeness (QED) is 0.829. The van der Waals surface area contributed by atoms with E-state index in [0.29, 0.717) is 12.4 Å². The van der Waals surface area contributed by atoms with Crippen LogP contribution in [0.4, 0.5) is 5.82 Å². The summed E-state index contributed by atoms with van der Waals surface area (Å²) in [6.07, 6.45) is 1.35. The molecular formula is C12H20ClN3O3S. The molecule has 0 aliphatic heterocycles. The van der Waals surface area contributed by atoms with Crippen LogP contribution in [0.1, 0.15) is 13.8 Å². The second kappa shape index (κ2) is 7.21. The van der Waals surface area contributed by atoms with Crippen molar-refractivity contribution in [2.45, 2.75) is 24.8 Å². The van der Waals surface area contributed by atoms with Crippen LogP contribution in [0.2, 0.25) is 5.02 Å². The fraction of sp³-hybridized carbons (Fsp3) is 0.583. The van der Waals surface area contributed by atoms with Gasteiger partial charge in [0.25, 0.3) is 0 Å². The first-order chi connectivity index (χ1) is 9.28. The van der Waals surface area contributed by atoms with E-state index in [1.54, 1.807) is 7.05 Å². The zero-order valence-corrected chi connectivity index (χ0v) is 13.6. The molecule has 0 spiro atoms. The third-order valence-electron chi connectivity index (χ3n) is 2.62. The lowest BCUT2D eigenvalue weighted by molar-refractivity contribution is 0.0737. The highest BCUT2D eigenvalue weighted by molar-refractivity contribution is 7.89. The average Bonchev–Trinajstić information content (AvgIpc) is 2.37. The number of pyridine rings is 1. The molecule has 0 unspecified atom stereocenters. The summed E-state index contributed by atoms with van der Waals surface area (Å²) in [6, 6.07) is 1.38. The van der Waals surface area contributed by atoms with Crippen molar-refractivity contribution >= 4 is 27.4 Å². The van der Waals surface area contributed by atoms with E-state index in [4.69, 9.17) is 16.3 Å². The number of aromatic nitrogens is 1. The van der Waals surface area contributed by atoms with Crippen LogP contribution in [0.5, 0.6) is 0 Å². The molecule has 0 aliphatic rings. The van der Waals surface area contributed by atoms with Crippen LogP contribution in [0.3, 0.4) is 0 Å². The Morgan fingerprint density at radius 1 is 1.50 bits per heavy atom. The maximum Gasteiger partial charge on any atom is 0.244 e. The van der Waals surface area contributed by atoms with Gasteiger partial charge in [0.05, 0.1) is 17.7 Å². The fourth-order valence-corrected chi connectivity index (χ4v) is 2.92. The van der Waals surface area contributed by atoms with Gasteiger partial charge in [-0.2, -0.15) is 4.31 Å². The van der Waals surface area contributed by atoms with E-state index in [9.17, 15) is 8.42 Å². The highest BCUT2D eigenvalue weighted by Crippen LogP contribution is 2.23. The number of hydrogen-bond acceptors (Lipinski definition) is 5. The van der Waals surface area contributed by atoms with Gasteiger partial charge in [0.2, 0.25) is 10.0 Å². The standard InChI is InChI=1S/C12H20ClN3O3S/c1-9(2)19-6-5-16(4)20(17,18)10-7-11(13)12(14-3)15-8-10/h7-9H,5-6H2,1-4H3,(H,14,15). The van der Waals surface area contributed by atoms with E-state index in [-0.39, 0.29) is 22.6 Å². The zero-order valence-electron chi connectivity index (χ0n) is 12.1. The zero-order chi connectivity index (χ0) is 15.3. The number of hydrogen-bond donors (Lipinski definition) is 1. The topological polar surface area (TPSA) is 71.5 Å². The highest BCUT2D eigenvalue weighted by Gasteiger charge is 2.22. The number of rotatable bonds is 7. The third kappa shape index (κ3) is 4.31. The minimum absolute atomic E-state index is 0.0635. The number of halogens is 1. The van der Waals surface area contributed by atoms with Gasteiger partial charge in [-0.05, 0) is 19.9 Å². The minimum Gasteiger partial charge on any atom is -0.377 e. The van der Waals surface area contributed by atoms with Gasteiger partial charge in [-0.15, -0.1) is 0 Å². The van der Waals surface area contributed by atoms with Gasteiger partial charge in [-0.1, -0.05) is 11.6 Å². The van der Waals surface area contributed by atoms with Crippen LogP contribution in [-0.2, 0) is 14.8 Å². The summed E-state index contributed by atoms with van der Waals surface area (Å²) in [7, 11) is -0.442. The van der Waals surface area contributed by atoms with E-state index in [0.717, 1.165) is 0 Å². The molecule has 114 valence electrons. The maximum atomic E-state index is 12.3. The number of nitrogens with one attached hydrogen (secondary N) is 1.